The van der Waals surface area contributed by atoms with Gasteiger partial charge in [0.05, 0.1) is 16.8 Å². The maximum atomic E-state index is 9.78. The van der Waals surface area contributed by atoms with E-state index in [1.54, 1.807) is 36.4 Å². The molecule has 1 heterocycles. The van der Waals surface area contributed by atoms with Crippen molar-refractivity contribution in [1.82, 2.24) is 5.32 Å². The van der Waals surface area contributed by atoms with Gasteiger partial charge in [0.2, 0.25) is 0 Å². The van der Waals surface area contributed by atoms with Crippen molar-refractivity contribution in [3.63, 3.8) is 0 Å². The molecule has 1 aliphatic heterocycles. The lowest BCUT2D eigenvalue weighted by molar-refractivity contribution is 0.405. The number of rotatable bonds is 2. The van der Waals surface area contributed by atoms with Crippen LogP contribution < -0.4 is 5.32 Å². The highest BCUT2D eigenvalue weighted by atomic mass is 16.3. The van der Waals surface area contributed by atoms with E-state index < -0.39 is 5.54 Å². The van der Waals surface area contributed by atoms with Crippen LogP contribution in [0.2, 0.25) is 0 Å². The van der Waals surface area contributed by atoms with Crippen LogP contribution in [-0.2, 0) is 5.54 Å². The smallest absolute Gasteiger partial charge is 0.154 e. The highest BCUT2D eigenvalue weighted by molar-refractivity contribution is 5.80. The fourth-order valence-corrected chi connectivity index (χ4v) is 3.34. The van der Waals surface area contributed by atoms with Crippen LogP contribution >= 0.6 is 0 Å². The first kappa shape index (κ1) is 18.6. The van der Waals surface area contributed by atoms with E-state index in [0.717, 1.165) is 5.56 Å². The molecule has 0 amide bonds. The molecule has 2 aromatic rings. The number of aromatic hydroxyl groups is 2. The Morgan fingerprint density at radius 2 is 1.46 bits per heavy atom. The molecular formula is C22H16N4O2. The Morgan fingerprint density at radius 3 is 1.96 bits per heavy atom. The molecule has 3 rings (SSSR count). The number of phenolic OH excluding ortho intramolecular Hbond substituents is 2. The van der Waals surface area contributed by atoms with Crippen molar-refractivity contribution in [3.8, 4) is 29.7 Å². The van der Waals surface area contributed by atoms with Crippen LogP contribution in [0.1, 0.15) is 24.5 Å². The molecule has 1 aliphatic rings. The molecule has 0 bridgehead atoms. The summed E-state index contributed by atoms with van der Waals surface area (Å²) in [6.07, 6.45) is 0.402. The molecule has 0 saturated carbocycles. The first-order valence-corrected chi connectivity index (χ1v) is 8.47. The molecule has 28 heavy (non-hydrogen) atoms. The van der Waals surface area contributed by atoms with Gasteiger partial charge in [-0.3, -0.25) is 0 Å². The quantitative estimate of drug-likeness (QED) is 0.696. The minimum atomic E-state index is -0.727. The van der Waals surface area contributed by atoms with Gasteiger partial charge in [0.1, 0.15) is 29.7 Å². The van der Waals surface area contributed by atoms with Gasteiger partial charge in [-0.15, -0.1) is 0 Å². The average Bonchev–Trinajstić information content (AvgIpc) is 2.69. The van der Waals surface area contributed by atoms with Crippen molar-refractivity contribution in [3.05, 3.63) is 76.5 Å². The molecule has 0 aromatic heterocycles. The topological polar surface area (TPSA) is 124 Å². The first-order chi connectivity index (χ1) is 13.4. The number of hydrogen-bond acceptors (Lipinski definition) is 6. The minimum Gasteiger partial charge on any atom is -0.508 e. The predicted octanol–water partition coefficient (Wildman–Crippen LogP) is 3.58. The zero-order valence-corrected chi connectivity index (χ0v) is 15.1. The third-order valence-corrected chi connectivity index (χ3v) is 4.79. The maximum Gasteiger partial charge on any atom is 0.154 e. The van der Waals surface area contributed by atoms with Gasteiger partial charge in [0.15, 0.2) is 5.57 Å². The monoisotopic (exact) mass is 368 g/mol. The zero-order chi connectivity index (χ0) is 20.3. The van der Waals surface area contributed by atoms with Gasteiger partial charge in [-0.05, 0) is 47.9 Å². The van der Waals surface area contributed by atoms with E-state index in [1.807, 2.05) is 19.1 Å². The molecule has 1 unspecified atom stereocenters. The van der Waals surface area contributed by atoms with Gasteiger partial charge < -0.3 is 15.5 Å². The molecule has 0 aliphatic carbocycles. The highest BCUT2D eigenvalue weighted by Gasteiger charge is 2.37. The van der Waals surface area contributed by atoms with Crippen LogP contribution in [-0.4, -0.2) is 10.2 Å². The molecule has 0 spiro atoms. The van der Waals surface area contributed by atoms with Crippen LogP contribution in [0.5, 0.6) is 11.5 Å². The fourth-order valence-electron chi connectivity index (χ4n) is 3.34. The van der Waals surface area contributed by atoms with Crippen LogP contribution in [0.15, 0.2) is 65.4 Å². The Balaban J connectivity index is 2.27. The molecule has 1 atom stereocenters. The summed E-state index contributed by atoms with van der Waals surface area (Å²) in [5.41, 5.74) is 1.69. The van der Waals surface area contributed by atoms with E-state index in [1.165, 1.54) is 12.1 Å². The summed E-state index contributed by atoms with van der Waals surface area (Å²) in [6.45, 7) is 1.90. The van der Waals surface area contributed by atoms with E-state index >= 15 is 0 Å². The fraction of sp³-hybridized carbons (Fsp3) is 0.136. The van der Waals surface area contributed by atoms with Crippen molar-refractivity contribution in [1.29, 1.82) is 15.8 Å². The van der Waals surface area contributed by atoms with Gasteiger partial charge in [0, 0.05) is 6.42 Å². The summed E-state index contributed by atoms with van der Waals surface area (Å²) in [5.74, 6) is 0.226. The lowest BCUT2D eigenvalue weighted by atomic mass is 9.77. The normalized spacial score (nSPS) is 18.4. The van der Waals surface area contributed by atoms with E-state index in [4.69, 9.17) is 0 Å². The SMILES string of the molecule is CC1(c2ccc(O)cc2)CC(c2ccc(O)cc2)=C(C#N)C(=C(C#N)C#N)N1. The summed E-state index contributed by atoms with van der Waals surface area (Å²) < 4.78 is 0. The summed E-state index contributed by atoms with van der Waals surface area (Å²) in [4.78, 5) is 0. The average molecular weight is 368 g/mol. The molecule has 136 valence electrons. The number of phenols is 2. The second kappa shape index (κ2) is 7.19. The summed E-state index contributed by atoms with van der Waals surface area (Å²) in [5, 5.41) is 51.0. The molecule has 0 saturated heterocycles. The lowest BCUT2D eigenvalue weighted by Crippen LogP contribution is -2.43. The standard InChI is InChI=1S/C22H16N4O2/c1-22(16-4-8-18(28)9-5-16)10-19(14-2-6-17(27)7-3-14)20(13-25)21(26-22)15(11-23)12-24/h2-9,26-28H,10H2,1H3. The van der Waals surface area contributed by atoms with Crippen molar-refractivity contribution in [2.24, 2.45) is 0 Å². The van der Waals surface area contributed by atoms with Crippen LogP contribution in [0.4, 0.5) is 0 Å². The number of benzene rings is 2. The minimum absolute atomic E-state index is 0.101. The Kier molecular flexibility index (Phi) is 4.77. The van der Waals surface area contributed by atoms with Gasteiger partial charge in [-0.2, -0.15) is 15.8 Å². The molecule has 2 aromatic carbocycles. The largest absolute Gasteiger partial charge is 0.508 e. The second-order valence-electron chi connectivity index (χ2n) is 6.67. The second-order valence-corrected chi connectivity index (χ2v) is 6.67. The Hall–Kier alpha value is -4.21. The number of nitriles is 3. The lowest BCUT2D eigenvalue weighted by Gasteiger charge is -2.39. The molecule has 6 heteroatoms. The Labute approximate surface area is 162 Å². The molecule has 6 nitrogen and oxygen atoms in total. The Morgan fingerprint density at radius 1 is 0.929 bits per heavy atom. The third-order valence-electron chi connectivity index (χ3n) is 4.79. The Bertz CT molecular complexity index is 1090. The maximum absolute atomic E-state index is 9.78. The zero-order valence-electron chi connectivity index (χ0n) is 15.1. The molecule has 0 fully saturated rings. The highest BCUT2D eigenvalue weighted by Crippen LogP contribution is 2.42. The number of allylic oxidation sites excluding steroid dienone is 2. The molecule has 0 radical (unpaired) electrons. The van der Waals surface area contributed by atoms with Crippen LogP contribution in [0.25, 0.3) is 5.57 Å². The van der Waals surface area contributed by atoms with Crippen molar-refractivity contribution < 1.29 is 10.2 Å². The van der Waals surface area contributed by atoms with Gasteiger partial charge >= 0.3 is 0 Å². The first-order valence-electron chi connectivity index (χ1n) is 8.47. The predicted molar refractivity (Wildman–Crippen MR) is 102 cm³/mol. The molecule has 3 N–H and O–H groups in total. The summed E-state index contributed by atoms with van der Waals surface area (Å²) in [6, 6.07) is 18.9. The van der Waals surface area contributed by atoms with E-state index in [2.05, 4.69) is 11.4 Å². The van der Waals surface area contributed by atoms with Gasteiger partial charge in [-0.1, -0.05) is 24.3 Å². The van der Waals surface area contributed by atoms with Crippen molar-refractivity contribution in [2.45, 2.75) is 18.9 Å². The summed E-state index contributed by atoms with van der Waals surface area (Å²) in [7, 11) is 0. The van der Waals surface area contributed by atoms with Crippen molar-refractivity contribution in [2.75, 3.05) is 0 Å². The van der Waals surface area contributed by atoms with Crippen molar-refractivity contribution >= 4 is 5.57 Å². The van der Waals surface area contributed by atoms with E-state index in [-0.39, 0.29) is 28.3 Å². The summed E-state index contributed by atoms with van der Waals surface area (Å²) >= 11 is 0. The van der Waals surface area contributed by atoms with Crippen LogP contribution in [0, 0.1) is 34.0 Å². The van der Waals surface area contributed by atoms with Gasteiger partial charge in [-0.25, -0.2) is 0 Å². The molecular weight excluding hydrogens is 352 g/mol. The number of nitrogens with zero attached hydrogens (tertiary/aromatic N) is 3. The van der Waals surface area contributed by atoms with Crippen LogP contribution in [0.3, 0.4) is 0 Å². The van der Waals surface area contributed by atoms with E-state index in [9.17, 15) is 26.0 Å². The number of nitrogens with one attached hydrogen (secondary N) is 1. The number of hydrogen-bond donors (Lipinski definition) is 3. The van der Waals surface area contributed by atoms with E-state index in [0.29, 0.717) is 17.6 Å². The van der Waals surface area contributed by atoms with Gasteiger partial charge in [0.25, 0.3) is 0 Å². The third kappa shape index (κ3) is 3.26.